The molecule has 0 aliphatic heterocycles. The number of aliphatic carboxylic acids is 1. The quantitative estimate of drug-likeness (QED) is 0.228. The Kier molecular flexibility index (Phi) is 10.1. The van der Waals surface area contributed by atoms with Gasteiger partial charge in [0.1, 0.15) is 13.2 Å². The van der Waals surface area contributed by atoms with Gasteiger partial charge >= 0.3 is 5.97 Å². The van der Waals surface area contributed by atoms with Crippen molar-refractivity contribution in [3.8, 4) is 11.5 Å². The molecule has 0 aromatic heterocycles. The summed E-state index contributed by atoms with van der Waals surface area (Å²) in [6.45, 7) is 0. The Morgan fingerprint density at radius 2 is 1.56 bits per heavy atom. The molecule has 0 heterocycles. The van der Waals surface area contributed by atoms with Crippen LogP contribution in [0.3, 0.4) is 0 Å². The maximum Gasteiger partial charge on any atom is 0.326 e. The summed E-state index contributed by atoms with van der Waals surface area (Å²) in [5.41, 5.74) is 1.35. The molecule has 1 atom stereocenters. The zero-order valence-corrected chi connectivity index (χ0v) is 22.7. The van der Waals surface area contributed by atoms with E-state index < -0.39 is 23.8 Å². The van der Waals surface area contributed by atoms with E-state index in [4.69, 9.17) is 37.5 Å². The number of methoxy groups -OCH3 is 2. The first-order valence-electron chi connectivity index (χ1n) is 11.4. The minimum Gasteiger partial charge on any atom is -0.493 e. The first kappa shape index (κ1) is 29.3. The van der Waals surface area contributed by atoms with Crippen molar-refractivity contribution in [2.24, 2.45) is 5.16 Å². The molecule has 0 fully saturated rings. The number of carbonyl (C=O) groups is 3. The number of carbonyl (C=O) groups excluding carboxylic acids is 2. The Labute approximate surface area is 234 Å². The molecule has 12 heteroatoms. The number of halogens is 2. The summed E-state index contributed by atoms with van der Waals surface area (Å²) in [4.78, 5) is 42.4. The Hall–Kier alpha value is -4.28. The lowest BCUT2D eigenvalue weighted by Crippen LogP contribution is -2.45. The molecule has 3 rings (SSSR count). The number of oxime groups is 1. The van der Waals surface area contributed by atoms with Crippen LogP contribution in [-0.2, 0) is 20.8 Å². The van der Waals surface area contributed by atoms with Gasteiger partial charge in [-0.1, -0.05) is 46.6 Å². The van der Waals surface area contributed by atoms with Crippen molar-refractivity contribution < 1.29 is 33.8 Å². The Morgan fingerprint density at radius 1 is 0.923 bits per heavy atom. The first-order valence-corrected chi connectivity index (χ1v) is 12.2. The number of hydrogen-bond acceptors (Lipinski definition) is 7. The van der Waals surface area contributed by atoms with E-state index in [0.29, 0.717) is 28.3 Å². The number of nitrogens with zero attached hydrogens (tertiary/aromatic N) is 1. The largest absolute Gasteiger partial charge is 0.493 e. The van der Waals surface area contributed by atoms with Crippen LogP contribution in [0.4, 0.5) is 5.69 Å². The van der Waals surface area contributed by atoms with Gasteiger partial charge in [0.2, 0.25) is 0 Å². The Bertz CT molecular complexity index is 1370. The highest BCUT2D eigenvalue weighted by molar-refractivity contribution is 6.45. The molecule has 2 amide bonds. The molecule has 0 unspecified atom stereocenters. The highest BCUT2D eigenvalue weighted by Crippen LogP contribution is 2.28. The monoisotopic (exact) mass is 573 g/mol. The van der Waals surface area contributed by atoms with E-state index in [1.165, 1.54) is 27.4 Å². The average Bonchev–Trinajstić information content (AvgIpc) is 2.91. The molecule has 0 aliphatic carbocycles. The van der Waals surface area contributed by atoms with E-state index >= 15 is 0 Å². The fourth-order valence-corrected chi connectivity index (χ4v) is 4.16. The summed E-state index contributed by atoms with van der Waals surface area (Å²) in [5, 5.41) is 19.1. The van der Waals surface area contributed by atoms with Crippen molar-refractivity contribution in [3.05, 3.63) is 87.4 Å². The number of carboxylic acids is 1. The fraction of sp³-hybridized carbons (Fsp3) is 0.185. The van der Waals surface area contributed by atoms with Crippen LogP contribution in [-0.4, -0.2) is 56.0 Å². The predicted octanol–water partition coefficient (Wildman–Crippen LogP) is 4.43. The third kappa shape index (κ3) is 7.40. The van der Waals surface area contributed by atoms with E-state index in [2.05, 4.69) is 15.8 Å². The Morgan fingerprint density at radius 3 is 2.13 bits per heavy atom. The SMILES string of the molecule is CON=C(C(=O)N[C@@H](Cc1ccc(NC(=O)c2c(Cl)cccc2Cl)cc1)C(=O)O)c1ccc(OC)c(OC)c1. The predicted molar refractivity (Wildman–Crippen MR) is 147 cm³/mol. The summed E-state index contributed by atoms with van der Waals surface area (Å²) in [6.07, 6.45) is -0.0438. The van der Waals surface area contributed by atoms with Crippen LogP contribution in [0.15, 0.2) is 65.8 Å². The number of benzene rings is 3. The van der Waals surface area contributed by atoms with Crippen molar-refractivity contribution >= 4 is 52.4 Å². The minimum atomic E-state index is -1.29. The standard InChI is InChI=1S/C27H25Cl2N3O7/c1-37-21-12-9-16(14-22(21)38-2)24(32-39-3)26(34)31-20(27(35)36)13-15-7-10-17(11-8-15)30-25(33)23-18(28)5-4-6-19(23)29/h4-12,14,20H,13H2,1-3H3,(H,30,33)(H,31,34)(H,35,36)/t20-/m0/s1. The smallest absolute Gasteiger partial charge is 0.326 e. The molecule has 0 aliphatic rings. The van der Waals surface area contributed by atoms with Gasteiger partial charge in [-0.3, -0.25) is 9.59 Å². The van der Waals surface area contributed by atoms with Gasteiger partial charge in [-0.15, -0.1) is 0 Å². The summed E-state index contributed by atoms with van der Waals surface area (Å²) < 4.78 is 10.5. The van der Waals surface area contributed by atoms with Crippen molar-refractivity contribution in [2.75, 3.05) is 26.6 Å². The van der Waals surface area contributed by atoms with Crippen molar-refractivity contribution in [3.63, 3.8) is 0 Å². The van der Waals surface area contributed by atoms with E-state index in [1.54, 1.807) is 54.6 Å². The molecule has 39 heavy (non-hydrogen) atoms. The number of rotatable bonds is 11. The number of carboxylic acid groups (broad SMARTS) is 1. The molecule has 10 nitrogen and oxygen atoms in total. The van der Waals surface area contributed by atoms with Gasteiger partial charge in [-0.25, -0.2) is 4.79 Å². The molecule has 0 radical (unpaired) electrons. The molecule has 0 saturated heterocycles. The molecule has 3 aromatic rings. The van der Waals surface area contributed by atoms with Gasteiger partial charge in [0.15, 0.2) is 17.2 Å². The number of anilines is 1. The number of nitrogens with one attached hydrogen (secondary N) is 2. The van der Waals surface area contributed by atoms with Crippen LogP contribution in [0.25, 0.3) is 0 Å². The average molecular weight is 574 g/mol. The maximum absolute atomic E-state index is 13.0. The van der Waals surface area contributed by atoms with Crippen molar-refractivity contribution in [2.45, 2.75) is 12.5 Å². The summed E-state index contributed by atoms with van der Waals surface area (Å²) in [6, 6.07) is 14.6. The molecule has 3 aromatic carbocycles. The highest BCUT2D eigenvalue weighted by Gasteiger charge is 2.25. The van der Waals surface area contributed by atoms with Gasteiger partial charge < -0.3 is 30.1 Å². The molecule has 0 spiro atoms. The van der Waals surface area contributed by atoms with Gasteiger partial charge in [0, 0.05) is 17.7 Å². The summed E-state index contributed by atoms with van der Waals surface area (Å²) >= 11 is 12.2. The highest BCUT2D eigenvalue weighted by atomic mass is 35.5. The molecule has 3 N–H and O–H groups in total. The van der Waals surface area contributed by atoms with E-state index in [1.807, 2.05) is 0 Å². The van der Waals surface area contributed by atoms with Gasteiger partial charge in [0.25, 0.3) is 11.8 Å². The van der Waals surface area contributed by atoms with Gasteiger partial charge in [-0.2, -0.15) is 0 Å². The number of ether oxygens (including phenoxy) is 2. The Balaban J connectivity index is 1.73. The number of amides is 2. The topological polar surface area (TPSA) is 136 Å². The molecule has 0 bridgehead atoms. The van der Waals surface area contributed by atoms with Crippen LogP contribution in [0.2, 0.25) is 10.0 Å². The maximum atomic E-state index is 13.0. The lowest BCUT2D eigenvalue weighted by Gasteiger charge is -2.16. The molecule has 204 valence electrons. The van der Waals surface area contributed by atoms with Crippen LogP contribution < -0.4 is 20.1 Å². The zero-order chi connectivity index (χ0) is 28.5. The van der Waals surface area contributed by atoms with Gasteiger partial charge in [-0.05, 0) is 48.0 Å². The lowest BCUT2D eigenvalue weighted by atomic mass is 10.0. The fourth-order valence-electron chi connectivity index (χ4n) is 3.59. The van der Waals surface area contributed by atoms with Crippen LogP contribution >= 0.6 is 23.2 Å². The van der Waals surface area contributed by atoms with Crippen LogP contribution in [0.5, 0.6) is 11.5 Å². The molecular weight excluding hydrogens is 549 g/mol. The lowest BCUT2D eigenvalue weighted by molar-refractivity contribution is -0.141. The van der Waals surface area contributed by atoms with Crippen LogP contribution in [0, 0.1) is 0 Å². The zero-order valence-electron chi connectivity index (χ0n) is 21.2. The summed E-state index contributed by atoms with van der Waals surface area (Å²) in [5.74, 6) is -1.72. The summed E-state index contributed by atoms with van der Waals surface area (Å²) in [7, 11) is 4.18. The van der Waals surface area contributed by atoms with Gasteiger partial charge in [0.05, 0.1) is 29.8 Å². The normalized spacial score (nSPS) is 11.8. The van der Waals surface area contributed by atoms with E-state index in [9.17, 15) is 19.5 Å². The second kappa shape index (κ2) is 13.5. The van der Waals surface area contributed by atoms with Crippen LogP contribution in [0.1, 0.15) is 21.5 Å². The van der Waals surface area contributed by atoms with Crippen molar-refractivity contribution in [1.82, 2.24) is 5.32 Å². The van der Waals surface area contributed by atoms with E-state index in [0.717, 1.165) is 0 Å². The second-order valence-corrected chi connectivity index (χ2v) is 8.82. The minimum absolute atomic E-state index is 0.0438. The second-order valence-electron chi connectivity index (χ2n) is 8.01. The number of hydrogen-bond donors (Lipinski definition) is 3. The molecule has 0 saturated carbocycles. The first-order chi connectivity index (χ1) is 18.7. The van der Waals surface area contributed by atoms with Crippen molar-refractivity contribution in [1.29, 1.82) is 0 Å². The van der Waals surface area contributed by atoms with E-state index in [-0.39, 0.29) is 27.7 Å². The molecular formula is C27H25Cl2N3O7. The third-order valence-corrected chi connectivity index (χ3v) is 6.13. The third-order valence-electron chi connectivity index (χ3n) is 5.50.